The standard InChI is InChI=1S/C37H52N2/c1-11-15-32(16-12-2)21-22-38-25-33-17-14-18-35(30(33)9)39-36(23-26(4)5)37(28(7)13-3)31(10)34-20-19-27(6)24-29(34)8/h11-12,14-20,24,26,31,38-39H,1,7,13,21-23,25H2,2-6,8-10H3/b16-12-,32-15+,37-36-. The van der Waals surface area contributed by atoms with E-state index in [1.165, 1.54) is 55.9 Å². The van der Waals surface area contributed by atoms with E-state index in [0.29, 0.717) is 5.92 Å². The molecule has 0 saturated heterocycles. The van der Waals surface area contributed by atoms with Gasteiger partial charge in [-0.25, -0.2) is 0 Å². The molecule has 1 atom stereocenters. The molecule has 0 aliphatic carbocycles. The molecule has 0 radical (unpaired) electrons. The summed E-state index contributed by atoms with van der Waals surface area (Å²) >= 11 is 0. The van der Waals surface area contributed by atoms with Gasteiger partial charge in [-0.3, -0.25) is 0 Å². The van der Waals surface area contributed by atoms with Crippen LogP contribution in [-0.4, -0.2) is 6.54 Å². The Balaban J connectivity index is 2.39. The third kappa shape index (κ3) is 9.55. The summed E-state index contributed by atoms with van der Waals surface area (Å²) in [6, 6.07) is 13.4. The van der Waals surface area contributed by atoms with Crippen LogP contribution in [-0.2, 0) is 6.54 Å². The first-order valence-electron chi connectivity index (χ1n) is 14.6. The molecule has 0 bridgehead atoms. The van der Waals surface area contributed by atoms with Crippen LogP contribution in [0, 0.1) is 26.7 Å². The van der Waals surface area contributed by atoms with E-state index < -0.39 is 0 Å². The maximum absolute atomic E-state index is 4.54. The van der Waals surface area contributed by atoms with Gasteiger partial charge in [0.2, 0.25) is 0 Å². The van der Waals surface area contributed by atoms with Crippen molar-refractivity contribution in [3.63, 3.8) is 0 Å². The highest BCUT2D eigenvalue weighted by molar-refractivity contribution is 5.60. The van der Waals surface area contributed by atoms with Crippen molar-refractivity contribution in [2.75, 3.05) is 11.9 Å². The van der Waals surface area contributed by atoms with Gasteiger partial charge in [0.1, 0.15) is 0 Å². The van der Waals surface area contributed by atoms with Crippen molar-refractivity contribution in [1.29, 1.82) is 0 Å². The zero-order chi connectivity index (χ0) is 28.9. The van der Waals surface area contributed by atoms with E-state index in [1.807, 2.05) is 6.08 Å². The van der Waals surface area contributed by atoms with Crippen molar-refractivity contribution in [2.45, 2.75) is 87.1 Å². The predicted molar refractivity (Wildman–Crippen MR) is 174 cm³/mol. The van der Waals surface area contributed by atoms with Gasteiger partial charge < -0.3 is 10.6 Å². The Hall–Kier alpha value is -3.10. The summed E-state index contributed by atoms with van der Waals surface area (Å²) < 4.78 is 0. The molecule has 1 unspecified atom stereocenters. The second-order valence-electron chi connectivity index (χ2n) is 11.1. The van der Waals surface area contributed by atoms with Crippen LogP contribution in [0.2, 0.25) is 0 Å². The Labute approximate surface area is 239 Å². The van der Waals surface area contributed by atoms with Gasteiger partial charge in [0.15, 0.2) is 0 Å². The van der Waals surface area contributed by atoms with Crippen molar-refractivity contribution in [1.82, 2.24) is 5.32 Å². The molecule has 0 spiro atoms. The first-order chi connectivity index (χ1) is 18.6. The molecule has 2 N–H and O–H groups in total. The lowest BCUT2D eigenvalue weighted by molar-refractivity contribution is 0.635. The summed E-state index contributed by atoms with van der Waals surface area (Å²) in [5.41, 5.74) is 13.0. The first-order valence-corrected chi connectivity index (χ1v) is 14.6. The van der Waals surface area contributed by atoms with E-state index in [9.17, 15) is 0 Å². The second-order valence-corrected chi connectivity index (χ2v) is 11.1. The second kappa shape index (κ2) is 16.1. The lowest BCUT2D eigenvalue weighted by Gasteiger charge is -2.27. The fourth-order valence-corrected chi connectivity index (χ4v) is 5.29. The molecule has 2 heteroatoms. The Bertz CT molecular complexity index is 1210. The summed E-state index contributed by atoms with van der Waals surface area (Å²) in [6.07, 6.45) is 11.1. The maximum Gasteiger partial charge on any atom is 0.0414 e. The van der Waals surface area contributed by atoms with Crippen LogP contribution in [0.4, 0.5) is 5.69 Å². The monoisotopic (exact) mass is 524 g/mol. The van der Waals surface area contributed by atoms with Crippen LogP contribution in [0.3, 0.4) is 0 Å². The molecule has 0 aromatic heterocycles. The molecule has 210 valence electrons. The van der Waals surface area contributed by atoms with Gasteiger partial charge in [-0.1, -0.05) is 101 Å². The molecule has 0 amide bonds. The summed E-state index contributed by atoms with van der Waals surface area (Å²) in [5, 5.41) is 7.56. The summed E-state index contributed by atoms with van der Waals surface area (Å²) in [5.74, 6) is 0.790. The first kappa shape index (κ1) is 32.1. The van der Waals surface area contributed by atoms with Gasteiger partial charge in [-0.2, -0.15) is 0 Å². The zero-order valence-electron chi connectivity index (χ0n) is 25.9. The normalized spacial score (nSPS) is 13.5. The number of anilines is 1. The summed E-state index contributed by atoms with van der Waals surface area (Å²) in [7, 11) is 0. The number of nitrogens with one attached hydrogen (secondary N) is 2. The molecule has 39 heavy (non-hydrogen) atoms. The highest BCUT2D eigenvalue weighted by atomic mass is 14.9. The number of rotatable bonds is 15. The van der Waals surface area contributed by atoms with Crippen LogP contribution in [0.5, 0.6) is 0 Å². The minimum atomic E-state index is 0.263. The van der Waals surface area contributed by atoms with Gasteiger partial charge in [0.05, 0.1) is 0 Å². The zero-order valence-corrected chi connectivity index (χ0v) is 25.9. The molecule has 0 fully saturated rings. The van der Waals surface area contributed by atoms with E-state index in [2.05, 4.69) is 134 Å². The summed E-state index contributed by atoms with van der Waals surface area (Å²) in [4.78, 5) is 0. The minimum absolute atomic E-state index is 0.263. The topological polar surface area (TPSA) is 24.1 Å². The Kier molecular flexibility index (Phi) is 13.3. The average Bonchev–Trinajstić information content (AvgIpc) is 2.88. The van der Waals surface area contributed by atoms with Crippen molar-refractivity contribution in [2.24, 2.45) is 5.92 Å². The van der Waals surface area contributed by atoms with Gasteiger partial charge in [-0.05, 0) is 104 Å². The molecule has 2 aromatic rings. The third-order valence-electron chi connectivity index (χ3n) is 7.42. The minimum Gasteiger partial charge on any atom is -0.358 e. The number of allylic oxidation sites excluding steroid dienone is 7. The van der Waals surface area contributed by atoms with Crippen molar-refractivity contribution >= 4 is 5.69 Å². The third-order valence-corrected chi connectivity index (χ3v) is 7.42. The van der Waals surface area contributed by atoms with Crippen LogP contribution < -0.4 is 10.6 Å². The molecule has 0 aliphatic rings. The molecule has 0 aliphatic heterocycles. The van der Waals surface area contributed by atoms with E-state index in [-0.39, 0.29) is 5.92 Å². The van der Waals surface area contributed by atoms with E-state index >= 15 is 0 Å². The van der Waals surface area contributed by atoms with Gasteiger partial charge in [-0.15, -0.1) is 0 Å². The van der Waals surface area contributed by atoms with Crippen molar-refractivity contribution < 1.29 is 0 Å². The largest absolute Gasteiger partial charge is 0.358 e. The van der Waals surface area contributed by atoms with E-state index in [4.69, 9.17) is 0 Å². The smallest absolute Gasteiger partial charge is 0.0414 e. The highest BCUT2D eigenvalue weighted by Gasteiger charge is 2.21. The van der Waals surface area contributed by atoms with Crippen LogP contribution in [0.15, 0.2) is 96.3 Å². The molecule has 0 heterocycles. The quantitative estimate of drug-likeness (QED) is 0.179. The number of aryl methyl sites for hydroxylation is 2. The maximum atomic E-state index is 4.54. The Morgan fingerprint density at radius 3 is 2.41 bits per heavy atom. The van der Waals surface area contributed by atoms with E-state index in [1.54, 1.807) is 0 Å². The molecular formula is C37H52N2. The molecule has 2 aromatic carbocycles. The fourth-order valence-electron chi connectivity index (χ4n) is 5.29. The number of hydrogen-bond donors (Lipinski definition) is 2. The van der Waals surface area contributed by atoms with E-state index in [0.717, 1.165) is 32.4 Å². The summed E-state index contributed by atoms with van der Waals surface area (Å²) in [6.45, 7) is 28.0. The Morgan fingerprint density at radius 1 is 1.05 bits per heavy atom. The SMILES string of the molecule is C=C/C=C(\C=C/C)CCNCc1cccc(N/C(CC(C)C)=C(/C(=C)CC)C(C)c2ccc(C)cc2C)c1C. The average molecular weight is 525 g/mol. The highest BCUT2D eigenvalue weighted by Crippen LogP contribution is 2.37. The van der Waals surface area contributed by atoms with Crippen molar-refractivity contribution in [3.05, 3.63) is 124 Å². The Morgan fingerprint density at radius 2 is 1.79 bits per heavy atom. The lowest BCUT2D eigenvalue weighted by atomic mass is 9.82. The van der Waals surface area contributed by atoms with Crippen LogP contribution in [0.25, 0.3) is 0 Å². The van der Waals surface area contributed by atoms with Gasteiger partial charge in [0.25, 0.3) is 0 Å². The van der Waals surface area contributed by atoms with Crippen molar-refractivity contribution in [3.8, 4) is 0 Å². The molecule has 0 saturated carbocycles. The fraction of sp³-hybridized carbons (Fsp3) is 0.405. The van der Waals surface area contributed by atoms with Crippen LogP contribution in [0.1, 0.15) is 87.6 Å². The van der Waals surface area contributed by atoms with Crippen LogP contribution >= 0.6 is 0 Å². The number of hydrogen-bond acceptors (Lipinski definition) is 2. The van der Waals surface area contributed by atoms with Gasteiger partial charge >= 0.3 is 0 Å². The van der Waals surface area contributed by atoms with Gasteiger partial charge in [0, 0.05) is 23.8 Å². The lowest BCUT2D eigenvalue weighted by Crippen LogP contribution is -2.17. The molecule has 2 rings (SSSR count). The predicted octanol–water partition coefficient (Wildman–Crippen LogP) is 10.3. The number of benzene rings is 2. The molecular weight excluding hydrogens is 472 g/mol. The molecule has 2 nitrogen and oxygen atoms in total.